The summed E-state index contributed by atoms with van der Waals surface area (Å²) in [7, 11) is 0. The Morgan fingerprint density at radius 2 is 1.48 bits per heavy atom. The molecule has 0 amide bonds. The Hall–Kier alpha value is -2.55. The van der Waals surface area contributed by atoms with Gasteiger partial charge in [-0.25, -0.2) is 4.98 Å². The molecule has 0 aliphatic rings. The van der Waals surface area contributed by atoms with Crippen molar-refractivity contribution in [3.8, 4) is 0 Å². The van der Waals surface area contributed by atoms with E-state index in [-0.39, 0.29) is 0 Å². The first-order chi connectivity index (χ1) is 10.2. The highest BCUT2D eigenvalue weighted by molar-refractivity contribution is 5.42. The number of imidazole rings is 1. The maximum Gasteiger partial charge on any atom is 0.127 e. The third-order valence-corrected chi connectivity index (χ3v) is 3.67. The van der Waals surface area contributed by atoms with Crippen LogP contribution in [0.5, 0.6) is 0 Å². The standard InChI is InChI=1S/C18H19N3/c1-14-20-17(12-15-8-4-2-5-9-15)18(19)21(14)13-16-10-6-3-7-11-16/h2-11H,12-13,19H2,1H3. The summed E-state index contributed by atoms with van der Waals surface area (Å²) in [6.45, 7) is 2.77. The summed E-state index contributed by atoms with van der Waals surface area (Å²) in [5.41, 5.74) is 9.72. The van der Waals surface area contributed by atoms with Crippen LogP contribution in [0, 0.1) is 6.92 Å². The van der Waals surface area contributed by atoms with Crippen LogP contribution in [0.25, 0.3) is 0 Å². The van der Waals surface area contributed by atoms with Crippen molar-refractivity contribution in [1.82, 2.24) is 9.55 Å². The lowest BCUT2D eigenvalue weighted by molar-refractivity contribution is 0.771. The van der Waals surface area contributed by atoms with E-state index in [2.05, 4.69) is 33.8 Å². The van der Waals surface area contributed by atoms with Crippen LogP contribution in [0.4, 0.5) is 5.82 Å². The topological polar surface area (TPSA) is 43.8 Å². The minimum atomic E-state index is 0.764. The number of nitrogen functional groups attached to an aromatic ring is 1. The van der Waals surface area contributed by atoms with Gasteiger partial charge < -0.3 is 10.3 Å². The van der Waals surface area contributed by atoms with Crippen LogP contribution in [-0.4, -0.2) is 9.55 Å². The first-order valence-corrected chi connectivity index (χ1v) is 7.13. The summed E-state index contributed by atoms with van der Waals surface area (Å²) in [5.74, 6) is 1.72. The van der Waals surface area contributed by atoms with E-state index >= 15 is 0 Å². The zero-order chi connectivity index (χ0) is 14.7. The average molecular weight is 277 g/mol. The summed E-state index contributed by atoms with van der Waals surface area (Å²) in [6, 6.07) is 20.6. The maximum absolute atomic E-state index is 6.30. The fourth-order valence-corrected chi connectivity index (χ4v) is 2.53. The van der Waals surface area contributed by atoms with Crippen molar-refractivity contribution in [1.29, 1.82) is 0 Å². The summed E-state index contributed by atoms with van der Waals surface area (Å²) < 4.78 is 2.08. The molecule has 3 rings (SSSR count). The van der Waals surface area contributed by atoms with Gasteiger partial charge in [0, 0.05) is 6.42 Å². The van der Waals surface area contributed by atoms with E-state index in [1.807, 2.05) is 43.3 Å². The minimum absolute atomic E-state index is 0.764. The van der Waals surface area contributed by atoms with Crippen molar-refractivity contribution in [2.45, 2.75) is 19.9 Å². The van der Waals surface area contributed by atoms with Crippen LogP contribution >= 0.6 is 0 Å². The molecule has 0 aliphatic heterocycles. The number of aromatic nitrogens is 2. The Balaban J connectivity index is 1.86. The SMILES string of the molecule is Cc1nc(Cc2ccccc2)c(N)n1Cc1ccccc1. The summed E-state index contributed by atoms with van der Waals surface area (Å²) in [6.07, 6.45) is 0.773. The fourth-order valence-electron chi connectivity index (χ4n) is 2.53. The van der Waals surface area contributed by atoms with E-state index in [1.54, 1.807) is 0 Å². The van der Waals surface area contributed by atoms with E-state index in [4.69, 9.17) is 5.73 Å². The number of rotatable bonds is 4. The van der Waals surface area contributed by atoms with Gasteiger partial charge in [0.15, 0.2) is 0 Å². The smallest absolute Gasteiger partial charge is 0.127 e. The lowest BCUT2D eigenvalue weighted by atomic mass is 10.1. The maximum atomic E-state index is 6.30. The van der Waals surface area contributed by atoms with Crippen LogP contribution in [0.2, 0.25) is 0 Å². The second-order valence-corrected chi connectivity index (χ2v) is 5.23. The molecule has 0 saturated carbocycles. The predicted molar refractivity (Wildman–Crippen MR) is 86.2 cm³/mol. The molecule has 0 atom stereocenters. The fraction of sp³-hybridized carbons (Fsp3) is 0.167. The van der Waals surface area contributed by atoms with Gasteiger partial charge in [-0.15, -0.1) is 0 Å². The molecule has 0 bridgehead atoms. The molecule has 0 aliphatic carbocycles. The molecular formula is C18H19N3. The quantitative estimate of drug-likeness (QED) is 0.794. The number of nitrogens with zero attached hydrogens (tertiary/aromatic N) is 2. The number of anilines is 1. The Kier molecular flexibility index (Phi) is 3.73. The second-order valence-electron chi connectivity index (χ2n) is 5.23. The first-order valence-electron chi connectivity index (χ1n) is 7.13. The summed E-state index contributed by atoms with van der Waals surface area (Å²) in [5, 5.41) is 0. The lowest BCUT2D eigenvalue weighted by Gasteiger charge is -2.08. The Bertz CT molecular complexity index is 715. The van der Waals surface area contributed by atoms with Crippen molar-refractivity contribution < 1.29 is 0 Å². The monoisotopic (exact) mass is 277 g/mol. The number of benzene rings is 2. The molecule has 0 radical (unpaired) electrons. The van der Waals surface area contributed by atoms with Gasteiger partial charge >= 0.3 is 0 Å². The number of aryl methyl sites for hydroxylation is 1. The van der Waals surface area contributed by atoms with Gasteiger partial charge in [-0.05, 0) is 18.1 Å². The molecule has 2 N–H and O–H groups in total. The molecule has 21 heavy (non-hydrogen) atoms. The van der Waals surface area contributed by atoms with Gasteiger partial charge in [0.1, 0.15) is 11.6 Å². The summed E-state index contributed by atoms with van der Waals surface area (Å²) in [4.78, 5) is 4.64. The van der Waals surface area contributed by atoms with E-state index in [0.29, 0.717) is 0 Å². The van der Waals surface area contributed by atoms with Crippen LogP contribution in [0.3, 0.4) is 0 Å². The molecule has 106 valence electrons. The molecule has 3 heteroatoms. The Morgan fingerprint density at radius 1 is 0.905 bits per heavy atom. The van der Waals surface area contributed by atoms with Crippen molar-refractivity contribution >= 4 is 5.82 Å². The molecule has 2 aromatic carbocycles. The van der Waals surface area contributed by atoms with Gasteiger partial charge in [-0.1, -0.05) is 60.7 Å². The van der Waals surface area contributed by atoms with E-state index < -0.39 is 0 Å². The number of hydrogen-bond donors (Lipinski definition) is 1. The lowest BCUT2D eigenvalue weighted by Crippen LogP contribution is -2.06. The Morgan fingerprint density at radius 3 is 2.10 bits per heavy atom. The average Bonchev–Trinajstić information content (AvgIpc) is 2.77. The molecule has 0 unspecified atom stereocenters. The molecular weight excluding hydrogens is 258 g/mol. The molecule has 1 heterocycles. The molecule has 0 fully saturated rings. The molecule has 3 nitrogen and oxygen atoms in total. The minimum Gasteiger partial charge on any atom is -0.384 e. The van der Waals surface area contributed by atoms with Crippen LogP contribution in [0.1, 0.15) is 22.6 Å². The van der Waals surface area contributed by atoms with Crippen LogP contribution < -0.4 is 5.73 Å². The van der Waals surface area contributed by atoms with E-state index in [0.717, 1.165) is 30.3 Å². The van der Waals surface area contributed by atoms with Crippen molar-refractivity contribution in [3.05, 3.63) is 83.3 Å². The third-order valence-electron chi connectivity index (χ3n) is 3.67. The van der Waals surface area contributed by atoms with E-state index in [9.17, 15) is 0 Å². The van der Waals surface area contributed by atoms with E-state index in [1.165, 1.54) is 11.1 Å². The largest absolute Gasteiger partial charge is 0.384 e. The molecule has 0 spiro atoms. The highest BCUT2D eigenvalue weighted by atomic mass is 15.1. The highest BCUT2D eigenvalue weighted by Gasteiger charge is 2.12. The first kappa shape index (κ1) is 13.4. The van der Waals surface area contributed by atoms with Gasteiger partial charge in [-0.2, -0.15) is 0 Å². The van der Waals surface area contributed by atoms with Crippen molar-refractivity contribution in [2.24, 2.45) is 0 Å². The van der Waals surface area contributed by atoms with Gasteiger partial charge in [0.2, 0.25) is 0 Å². The highest BCUT2D eigenvalue weighted by Crippen LogP contribution is 2.19. The Labute approximate surface area is 125 Å². The molecule has 3 aromatic rings. The molecule has 0 saturated heterocycles. The summed E-state index contributed by atoms with van der Waals surface area (Å²) >= 11 is 0. The van der Waals surface area contributed by atoms with Crippen LogP contribution in [-0.2, 0) is 13.0 Å². The van der Waals surface area contributed by atoms with Crippen LogP contribution in [0.15, 0.2) is 60.7 Å². The van der Waals surface area contributed by atoms with Gasteiger partial charge in [-0.3, -0.25) is 0 Å². The van der Waals surface area contributed by atoms with Gasteiger partial charge in [0.25, 0.3) is 0 Å². The van der Waals surface area contributed by atoms with Crippen molar-refractivity contribution in [3.63, 3.8) is 0 Å². The zero-order valence-electron chi connectivity index (χ0n) is 12.2. The predicted octanol–water partition coefficient (Wildman–Crippen LogP) is 3.41. The number of hydrogen-bond acceptors (Lipinski definition) is 2. The molecule has 1 aromatic heterocycles. The van der Waals surface area contributed by atoms with Crippen molar-refractivity contribution in [2.75, 3.05) is 5.73 Å². The second kappa shape index (κ2) is 5.83. The third kappa shape index (κ3) is 2.97. The van der Waals surface area contributed by atoms with Gasteiger partial charge in [0.05, 0.1) is 12.2 Å². The normalized spacial score (nSPS) is 10.7. The number of nitrogens with two attached hydrogens (primary N) is 1. The zero-order valence-corrected chi connectivity index (χ0v) is 12.2.